The van der Waals surface area contributed by atoms with Gasteiger partial charge in [0.1, 0.15) is 23.3 Å². The minimum absolute atomic E-state index is 0. The molecule has 6 aromatic rings. The standard InChI is InChI=1S/C21H20F5N5O5S2.C20H18F5N5O3S.ClH/c1-37(32,33)29-7-9-30(10-8-29)38(34,35)31(17-4-2-3-16(22)12-17)13-15-6-5-14(11-18(15)23)19-27-28-20(36-19)21(24,25)26;21-15-2-1-3-16(11-15)30(34(31,32)29-8-6-26-7-9-29)12-14-5-4-13(10-17(14)22)18-27-28-19(33-18)20(23,24)25;/h2-6,11-12H,7-10,13H2,1H3;1-5,10-11,26H,6-9,12H2;1H. The van der Waals surface area contributed by atoms with Gasteiger partial charge in [-0.1, -0.05) is 24.3 Å². The molecule has 18 nitrogen and oxygen atoms in total. The molecule has 396 valence electrons. The molecule has 0 atom stereocenters. The first-order chi connectivity index (χ1) is 33.7. The van der Waals surface area contributed by atoms with Crippen LogP contribution in [0.15, 0.2) is 93.8 Å². The van der Waals surface area contributed by atoms with E-state index in [0.29, 0.717) is 13.1 Å². The largest absolute Gasteiger partial charge is 0.470 e. The lowest BCUT2D eigenvalue weighted by Crippen LogP contribution is -2.54. The first kappa shape index (κ1) is 56.3. The zero-order chi connectivity index (χ0) is 52.4. The van der Waals surface area contributed by atoms with Gasteiger partial charge in [0.15, 0.2) is 0 Å². The first-order valence-corrected chi connectivity index (χ1v) is 25.5. The summed E-state index contributed by atoms with van der Waals surface area (Å²) in [6.07, 6.45) is -8.75. The van der Waals surface area contributed by atoms with Crippen molar-refractivity contribution in [3.05, 3.63) is 131 Å². The lowest BCUT2D eigenvalue weighted by Gasteiger charge is -2.36. The van der Waals surface area contributed by atoms with Gasteiger partial charge in [-0.2, -0.15) is 56.1 Å². The van der Waals surface area contributed by atoms with Crippen LogP contribution < -0.4 is 13.9 Å². The van der Waals surface area contributed by atoms with Crippen LogP contribution in [0, 0.1) is 23.3 Å². The van der Waals surface area contributed by atoms with E-state index in [1.165, 1.54) is 46.8 Å². The zero-order valence-corrected chi connectivity index (χ0v) is 40.6. The third-order valence-electron chi connectivity index (χ3n) is 10.7. The average Bonchev–Trinajstić information content (AvgIpc) is 4.04. The summed E-state index contributed by atoms with van der Waals surface area (Å²) in [6, 6.07) is 15.9. The Hall–Kier alpha value is -5.96. The maximum atomic E-state index is 15.1. The van der Waals surface area contributed by atoms with E-state index in [9.17, 15) is 64.8 Å². The molecule has 1 N–H and O–H groups in total. The van der Waals surface area contributed by atoms with E-state index in [1.807, 2.05) is 0 Å². The van der Waals surface area contributed by atoms with Crippen LogP contribution in [0.2, 0.25) is 0 Å². The van der Waals surface area contributed by atoms with Crippen molar-refractivity contribution >= 4 is 54.2 Å². The third-order valence-corrected chi connectivity index (χ3v) is 15.8. The number of nitrogens with zero attached hydrogens (tertiary/aromatic N) is 9. The van der Waals surface area contributed by atoms with Crippen molar-refractivity contribution in [3.63, 3.8) is 0 Å². The van der Waals surface area contributed by atoms with Gasteiger partial charge in [0.2, 0.25) is 21.8 Å². The summed E-state index contributed by atoms with van der Waals surface area (Å²) in [7, 11) is -12.1. The van der Waals surface area contributed by atoms with Crippen molar-refractivity contribution in [3.8, 4) is 22.9 Å². The normalized spacial score (nSPS) is 15.5. The van der Waals surface area contributed by atoms with Crippen LogP contribution in [-0.4, -0.2) is 117 Å². The summed E-state index contributed by atoms with van der Waals surface area (Å²) in [5.41, 5.74) is -0.702. The van der Waals surface area contributed by atoms with Gasteiger partial charge in [0, 0.05) is 74.6 Å². The van der Waals surface area contributed by atoms with Crippen LogP contribution in [0.25, 0.3) is 22.9 Å². The third kappa shape index (κ3) is 13.4. The summed E-state index contributed by atoms with van der Waals surface area (Å²) in [4.78, 5) is 0. The number of sulfonamides is 1. The molecule has 0 saturated carbocycles. The molecule has 0 radical (unpaired) electrons. The SMILES string of the molecule is CS(=O)(=O)N1CCN(S(=O)(=O)N(Cc2ccc(-c3nnc(C(F)(F)F)o3)cc2F)c2cccc(F)c2)CC1.Cl.O=S(=O)(N1CCNCC1)N(Cc1ccc(-c2nnc(C(F)(F)F)o2)cc1F)c1cccc(F)c1. The minimum atomic E-state index is -4.89. The Morgan fingerprint density at radius 2 is 0.932 bits per heavy atom. The van der Waals surface area contributed by atoms with Gasteiger partial charge in [0.25, 0.3) is 0 Å². The number of halogens is 11. The van der Waals surface area contributed by atoms with Crippen molar-refractivity contribution in [1.82, 2.24) is 38.6 Å². The van der Waals surface area contributed by atoms with Crippen molar-refractivity contribution in [2.75, 3.05) is 67.2 Å². The number of piperazine rings is 2. The van der Waals surface area contributed by atoms with Gasteiger partial charge < -0.3 is 14.2 Å². The molecule has 0 bridgehead atoms. The Morgan fingerprint density at radius 1 is 0.548 bits per heavy atom. The molecule has 2 aliphatic rings. The molecule has 32 heteroatoms. The molecule has 2 saturated heterocycles. The van der Waals surface area contributed by atoms with Crippen LogP contribution in [-0.2, 0) is 55.9 Å². The maximum Gasteiger partial charge on any atom is 0.470 e. The number of nitrogens with one attached hydrogen (secondary N) is 1. The minimum Gasteiger partial charge on any atom is -0.413 e. The molecule has 4 heterocycles. The maximum absolute atomic E-state index is 15.1. The summed E-state index contributed by atoms with van der Waals surface area (Å²) < 4.78 is 226. The van der Waals surface area contributed by atoms with E-state index in [1.54, 1.807) is 0 Å². The van der Waals surface area contributed by atoms with E-state index in [0.717, 1.165) is 65.9 Å². The smallest absolute Gasteiger partial charge is 0.413 e. The number of alkyl halides is 6. The van der Waals surface area contributed by atoms with Crippen molar-refractivity contribution in [1.29, 1.82) is 0 Å². The summed E-state index contributed by atoms with van der Waals surface area (Å²) in [5, 5.41) is 15.4. The van der Waals surface area contributed by atoms with Crippen LogP contribution in [0.3, 0.4) is 0 Å². The fourth-order valence-electron chi connectivity index (χ4n) is 7.10. The van der Waals surface area contributed by atoms with Crippen molar-refractivity contribution in [2.45, 2.75) is 25.4 Å². The molecule has 4 aromatic carbocycles. The topological polar surface area (TPSA) is 208 Å². The molecular weight excluding hydrogens is 1080 g/mol. The Balaban J connectivity index is 0.000000236. The number of rotatable bonds is 13. The van der Waals surface area contributed by atoms with Gasteiger partial charge in [-0.3, -0.25) is 8.61 Å². The first-order valence-electron chi connectivity index (χ1n) is 20.8. The van der Waals surface area contributed by atoms with E-state index in [-0.39, 0.29) is 85.3 Å². The Bertz CT molecular complexity index is 3250. The second kappa shape index (κ2) is 22.3. The van der Waals surface area contributed by atoms with Gasteiger partial charge in [-0.15, -0.1) is 32.8 Å². The van der Waals surface area contributed by atoms with E-state index in [2.05, 4.69) is 34.5 Å². The molecular formula is C41H39ClF10N10O8S3. The summed E-state index contributed by atoms with van der Waals surface area (Å²) >= 11 is 0. The molecule has 0 amide bonds. The average molecular weight is 1120 g/mol. The Kier molecular flexibility index (Phi) is 17.2. The lowest BCUT2D eigenvalue weighted by molar-refractivity contribution is -0.157. The Morgan fingerprint density at radius 3 is 1.27 bits per heavy atom. The Labute approximate surface area is 416 Å². The number of aromatic nitrogens is 4. The molecule has 73 heavy (non-hydrogen) atoms. The number of benzene rings is 4. The molecule has 8 rings (SSSR count). The second-order valence-electron chi connectivity index (χ2n) is 15.6. The quantitative estimate of drug-likeness (QED) is 0.123. The molecule has 0 spiro atoms. The lowest BCUT2D eigenvalue weighted by atomic mass is 10.1. The van der Waals surface area contributed by atoms with Crippen molar-refractivity contribution < 1.29 is 78.0 Å². The molecule has 2 aliphatic heterocycles. The number of anilines is 2. The van der Waals surface area contributed by atoms with Crippen LogP contribution >= 0.6 is 12.4 Å². The van der Waals surface area contributed by atoms with Gasteiger partial charge >= 0.3 is 44.6 Å². The highest BCUT2D eigenvalue weighted by Gasteiger charge is 2.40. The summed E-state index contributed by atoms with van der Waals surface area (Å²) in [5.74, 6) is -7.67. The highest BCUT2D eigenvalue weighted by Crippen LogP contribution is 2.34. The molecule has 2 fully saturated rings. The molecule has 0 unspecified atom stereocenters. The van der Waals surface area contributed by atoms with Gasteiger partial charge in [0.05, 0.1) is 30.7 Å². The summed E-state index contributed by atoms with van der Waals surface area (Å²) in [6.45, 7) is -0.510. The zero-order valence-electron chi connectivity index (χ0n) is 37.4. The van der Waals surface area contributed by atoms with E-state index in [4.69, 9.17) is 0 Å². The van der Waals surface area contributed by atoms with Crippen LogP contribution in [0.4, 0.5) is 55.3 Å². The fourth-order valence-corrected chi connectivity index (χ4v) is 11.1. The van der Waals surface area contributed by atoms with E-state index < -0.39 is 103 Å². The van der Waals surface area contributed by atoms with Crippen LogP contribution in [0.1, 0.15) is 22.9 Å². The number of hydrogen-bond acceptors (Lipinski definition) is 13. The molecule has 0 aliphatic carbocycles. The monoisotopic (exact) mass is 1120 g/mol. The number of hydrogen-bond donors (Lipinski definition) is 1. The fraction of sp³-hybridized carbons (Fsp3) is 0.317. The van der Waals surface area contributed by atoms with Crippen LogP contribution in [0.5, 0.6) is 0 Å². The van der Waals surface area contributed by atoms with Gasteiger partial charge in [-0.05, 0) is 60.7 Å². The highest BCUT2D eigenvalue weighted by atomic mass is 35.5. The highest BCUT2D eigenvalue weighted by molar-refractivity contribution is 7.90. The van der Waals surface area contributed by atoms with E-state index >= 15 is 4.39 Å². The van der Waals surface area contributed by atoms with Gasteiger partial charge in [-0.25, -0.2) is 26.0 Å². The predicted octanol–water partition coefficient (Wildman–Crippen LogP) is 6.47. The molecule has 2 aromatic heterocycles. The predicted molar refractivity (Wildman–Crippen MR) is 242 cm³/mol. The van der Waals surface area contributed by atoms with Crippen molar-refractivity contribution in [2.24, 2.45) is 0 Å². The second-order valence-corrected chi connectivity index (χ2v) is 21.3.